The smallest absolute Gasteiger partial charge is 0.341 e. The summed E-state index contributed by atoms with van der Waals surface area (Å²) in [4.78, 5) is 28.6. The van der Waals surface area contributed by atoms with Crippen molar-refractivity contribution in [2.45, 2.75) is 26.8 Å². The predicted molar refractivity (Wildman–Crippen MR) is 104 cm³/mol. The van der Waals surface area contributed by atoms with E-state index in [2.05, 4.69) is 17.1 Å². The van der Waals surface area contributed by atoms with Crippen LogP contribution in [0.25, 0.3) is 0 Å². The minimum atomic E-state index is -0.378. The van der Waals surface area contributed by atoms with E-state index < -0.39 is 0 Å². The SMILES string of the molecule is CCOC(=O)c1c(NC(=O)c2cccc(Cl)c2)sc2c1CCN(CC)C2. The Bertz CT molecular complexity index is 834. The molecule has 1 aromatic carbocycles. The van der Waals surface area contributed by atoms with E-state index in [0.29, 0.717) is 27.8 Å². The van der Waals surface area contributed by atoms with E-state index in [1.54, 1.807) is 31.2 Å². The maximum atomic E-state index is 12.6. The molecule has 0 saturated heterocycles. The van der Waals surface area contributed by atoms with Gasteiger partial charge in [0.2, 0.25) is 0 Å². The van der Waals surface area contributed by atoms with Gasteiger partial charge in [0.25, 0.3) is 5.91 Å². The molecular weight excluding hydrogens is 372 g/mol. The van der Waals surface area contributed by atoms with Gasteiger partial charge in [-0.2, -0.15) is 0 Å². The van der Waals surface area contributed by atoms with Crippen LogP contribution in [0, 0.1) is 0 Å². The number of esters is 1. The van der Waals surface area contributed by atoms with Gasteiger partial charge in [-0.25, -0.2) is 4.79 Å². The largest absolute Gasteiger partial charge is 0.462 e. The predicted octanol–water partition coefficient (Wildman–Crippen LogP) is 4.21. The standard InChI is InChI=1S/C19H21ClN2O3S/c1-3-22-9-8-14-15(11-22)26-18(16(14)19(24)25-4-2)21-17(23)12-6-5-7-13(20)10-12/h5-7,10H,3-4,8-9,11H2,1-2H3,(H,21,23). The summed E-state index contributed by atoms with van der Waals surface area (Å²) in [5.74, 6) is -0.666. The number of rotatable bonds is 5. The highest BCUT2D eigenvalue weighted by Crippen LogP contribution is 2.38. The highest BCUT2D eigenvalue weighted by molar-refractivity contribution is 7.17. The second-order valence-electron chi connectivity index (χ2n) is 6.01. The molecular formula is C19H21ClN2O3S. The first-order chi connectivity index (χ1) is 12.5. The highest BCUT2D eigenvalue weighted by atomic mass is 35.5. The van der Waals surface area contributed by atoms with Gasteiger partial charge in [-0.1, -0.05) is 24.6 Å². The van der Waals surface area contributed by atoms with Crippen molar-refractivity contribution in [2.24, 2.45) is 0 Å². The van der Waals surface area contributed by atoms with Crippen molar-refractivity contribution in [1.29, 1.82) is 0 Å². The molecule has 26 heavy (non-hydrogen) atoms. The summed E-state index contributed by atoms with van der Waals surface area (Å²) in [6.45, 7) is 6.83. The van der Waals surface area contributed by atoms with Crippen LogP contribution in [0.1, 0.15) is 45.0 Å². The molecule has 0 fully saturated rings. The third-order valence-corrected chi connectivity index (χ3v) is 5.74. The summed E-state index contributed by atoms with van der Waals surface area (Å²) in [6, 6.07) is 6.73. The van der Waals surface area contributed by atoms with Crippen molar-refractivity contribution in [3.05, 3.63) is 50.9 Å². The minimum Gasteiger partial charge on any atom is -0.462 e. The van der Waals surface area contributed by atoms with Crippen molar-refractivity contribution in [2.75, 3.05) is 25.0 Å². The van der Waals surface area contributed by atoms with E-state index in [0.717, 1.165) is 36.5 Å². The molecule has 0 bridgehead atoms. The average molecular weight is 393 g/mol. The van der Waals surface area contributed by atoms with E-state index >= 15 is 0 Å². The Morgan fingerprint density at radius 3 is 2.85 bits per heavy atom. The number of amides is 1. The molecule has 1 amide bonds. The van der Waals surface area contributed by atoms with Crippen LogP contribution in [0.15, 0.2) is 24.3 Å². The monoisotopic (exact) mass is 392 g/mol. The number of nitrogens with zero attached hydrogens (tertiary/aromatic N) is 1. The Morgan fingerprint density at radius 2 is 2.15 bits per heavy atom. The molecule has 1 aliphatic heterocycles. The highest BCUT2D eigenvalue weighted by Gasteiger charge is 2.29. The Morgan fingerprint density at radius 1 is 1.35 bits per heavy atom. The topological polar surface area (TPSA) is 58.6 Å². The van der Waals surface area contributed by atoms with E-state index in [1.165, 1.54) is 11.3 Å². The summed E-state index contributed by atoms with van der Waals surface area (Å²) in [6.07, 6.45) is 0.779. The van der Waals surface area contributed by atoms with Crippen molar-refractivity contribution < 1.29 is 14.3 Å². The third kappa shape index (κ3) is 3.92. The van der Waals surface area contributed by atoms with Gasteiger partial charge in [0.1, 0.15) is 5.00 Å². The van der Waals surface area contributed by atoms with Crippen LogP contribution in [-0.2, 0) is 17.7 Å². The van der Waals surface area contributed by atoms with Crippen LogP contribution >= 0.6 is 22.9 Å². The van der Waals surface area contributed by atoms with Gasteiger partial charge in [-0.05, 0) is 43.7 Å². The number of hydrogen-bond donors (Lipinski definition) is 1. The minimum absolute atomic E-state index is 0.288. The van der Waals surface area contributed by atoms with E-state index in [4.69, 9.17) is 16.3 Å². The average Bonchev–Trinajstić information content (AvgIpc) is 2.98. The Hall–Kier alpha value is -1.89. The second-order valence-corrected chi connectivity index (χ2v) is 7.55. The lowest BCUT2D eigenvalue weighted by Gasteiger charge is -2.25. The molecule has 5 nitrogen and oxygen atoms in total. The molecule has 0 unspecified atom stereocenters. The molecule has 1 aliphatic rings. The summed E-state index contributed by atoms with van der Waals surface area (Å²) in [7, 11) is 0. The van der Waals surface area contributed by atoms with Gasteiger partial charge < -0.3 is 10.1 Å². The van der Waals surface area contributed by atoms with Gasteiger partial charge in [0, 0.05) is 28.6 Å². The van der Waals surface area contributed by atoms with Gasteiger partial charge in [0.05, 0.1) is 12.2 Å². The van der Waals surface area contributed by atoms with Gasteiger partial charge in [-0.15, -0.1) is 11.3 Å². The molecule has 1 aromatic heterocycles. The molecule has 7 heteroatoms. The number of thiophene rings is 1. The van der Waals surface area contributed by atoms with Crippen LogP contribution in [-0.4, -0.2) is 36.5 Å². The quantitative estimate of drug-likeness (QED) is 0.774. The van der Waals surface area contributed by atoms with Crippen molar-refractivity contribution in [3.63, 3.8) is 0 Å². The maximum Gasteiger partial charge on any atom is 0.341 e. The maximum absolute atomic E-state index is 12.6. The van der Waals surface area contributed by atoms with Crippen LogP contribution < -0.4 is 5.32 Å². The lowest BCUT2D eigenvalue weighted by molar-refractivity contribution is 0.0526. The number of nitrogens with one attached hydrogen (secondary N) is 1. The molecule has 0 aliphatic carbocycles. The molecule has 0 spiro atoms. The lowest BCUT2D eigenvalue weighted by Crippen LogP contribution is -2.30. The number of fused-ring (bicyclic) bond motifs is 1. The lowest BCUT2D eigenvalue weighted by atomic mass is 10.0. The molecule has 2 heterocycles. The zero-order valence-corrected chi connectivity index (χ0v) is 16.4. The number of halogens is 1. The molecule has 0 atom stereocenters. The first-order valence-corrected chi connectivity index (χ1v) is 9.83. The van der Waals surface area contributed by atoms with E-state index in [1.807, 2.05) is 0 Å². The van der Waals surface area contributed by atoms with Crippen LogP contribution in [0.2, 0.25) is 5.02 Å². The third-order valence-electron chi connectivity index (χ3n) is 4.38. The number of benzene rings is 1. The summed E-state index contributed by atoms with van der Waals surface area (Å²) in [5.41, 5.74) is 1.95. The molecule has 3 rings (SSSR count). The molecule has 1 N–H and O–H groups in total. The molecule has 138 valence electrons. The number of ether oxygens (including phenoxy) is 1. The van der Waals surface area contributed by atoms with Gasteiger partial charge in [0.15, 0.2) is 0 Å². The first kappa shape index (κ1) is 18.9. The number of carbonyl (C=O) groups is 2. The Labute approximate surface area is 161 Å². The second kappa shape index (κ2) is 8.20. The zero-order valence-electron chi connectivity index (χ0n) is 14.8. The van der Waals surface area contributed by atoms with Gasteiger partial charge >= 0.3 is 5.97 Å². The number of anilines is 1. The van der Waals surface area contributed by atoms with Crippen molar-refractivity contribution >= 4 is 39.8 Å². The van der Waals surface area contributed by atoms with Crippen molar-refractivity contribution in [1.82, 2.24) is 4.90 Å². The van der Waals surface area contributed by atoms with Gasteiger partial charge in [-0.3, -0.25) is 9.69 Å². The Kier molecular flexibility index (Phi) is 5.96. The van der Waals surface area contributed by atoms with E-state index in [9.17, 15) is 9.59 Å². The fourth-order valence-corrected chi connectivity index (χ4v) is 4.50. The fourth-order valence-electron chi connectivity index (χ4n) is 3.04. The summed E-state index contributed by atoms with van der Waals surface area (Å²) < 4.78 is 5.23. The first-order valence-electron chi connectivity index (χ1n) is 8.64. The normalized spacial score (nSPS) is 14.0. The zero-order chi connectivity index (χ0) is 18.7. The van der Waals surface area contributed by atoms with E-state index in [-0.39, 0.29) is 11.9 Å². The van der Waals surface area contributed by atoms with Crippen LogP contribution in [0.4, 0.5) is 5.00 Å². The fraction of sp³-hybridized carbons (Fsp3) is 0.368. The molecule has 0 radical (unpaired) electrons. The molecule has 0 saturated carbocycles. The van der Waals surface area contributed by atoms with Crippen LogP contribution in [0.3, 0.4) is 0 Å². The number of hydrogen-bond acceptors (Lipinski definition) is 5. The molecule has 2 aromatic rings. The summed E-state index contributed by atoms with van der Waals surface area (Å²) in [5, 5.41) is 3.93. The van der Waals surface area contributed by atoms with Crippen molar-refractivity contribution in [3.8, 4) is 0 Å². The summed E-state index contributed by atoms with van der Waals surface area (Å²) >= 11 is 7.43. The van der Waals surface area contributed by atoms with Crippen LogP contribution in [0.5, 0.6) is 0 Å². The Balaban J connectivity index is 1.94. The number of likely N-dealkylation sites (N-methyl/N-ethyl adjacent to an activating group) is 1. The number of carbonyl (C=O) groups excluding carboxylic acids is 2.